The Bertz CT molecular complexity index is 800. The maximum Gasteiger partial charge on any atom is 0.458 e. The summed E-state index contributed by atoms with van der Waals surface area (Å²) < 4.78 is 64.2. The molecule has 0 saturated heterocycles. The Morgan fingerprint density at radius 3 is 2.16 bits per heavy atom. The largest absolute Gasteiger partial charge is 0.458 e. The number of hydrogen-bond donors (Lipinski definition) is 1. The van der Waals surface area contributed by atoms with Gasteiger partial charge in [0.15, 0.2) is 0 Å². The maximum absolute atomic E-state index is 13.1. The molecular weight excluding hydrogens is 347 g/mol. The number of halogens is 5. The normalized spacial score (nSPS) is 20.3. The summed E-state index contributed by atoms with van der Waals surface area (Å²) in [5, 5.41) is 12.7. The van der Waals surface area contributed by atoms with E-state index in [0.717, 1.165) is 12.1 Å². The van der Waals surface area contributed by atoms with Crippen molar-refractivity contribution in [2.24, 2.45) is 5.16 Å². The highest BCUT2D eigenvalue weighted by Crippen LogP contribution is 2.38. The number of oxime groups is 1. The summed E-state index contributed by atoms with van der Waals surface area (Å²) in [5.74, 6) is -5.20. The molecule has 3 rings (SSSR count). The van der Waals surface area contributed by atoms with Gasteiger partial charge in [-0.2, -0.15) is 26.9 Å². The molecule has 0 aliphatic carbocycles. The summed E-state index contributed by atoms with van der Waals surface area (Å²) in [7, 11) is 0. The van der Waals surface area contributed by atoms with Gasteiger partial charge in [0.1, 0.15) is 0 Å². The van der Waals surface area contributed by atoms with Gasteiger partial charge in [0.2, 0.25) is 11.9 Å². The Balaban J connectivity index is 1.73. The summed E-state index contributed by atoms with van der Waals surface area (Å²) in [6, 6.07) is 8.34. The number of alkyl halides is 3. The van der Waals surface area contributed by atoms with Crippen LogP contribution in [0.3, 0.4) is 0 Å². The van der Waals surface area contributed by atoms with Crippen LogP contribution >= 0.6 is 0 Å². The van der Waals surface area contributed by atoms with Crippen molar-refractivity contribution in [3.8, 4) is 0 Å². The molecule has 1 aliphatic heterocycles. The van der Waals surface area contributed by atoms with Crippen molar-refractivity contribution in [2.75, 3.05) is 0 Å². The minimum absolute atomic E-state index is 0.0487. The van der Waals surface area contributed by atoms with Crippen molar-refractivity contribution >= 4 is 5.71 Å². The van der Waals surface area contributed by atoms with Gasteiger partial charge in [0.05, 0.1) is 12.1 Å². The first-order chi connectivity index (χ1) is 11.7. The summed E-state index contributed by atoms with van der Waals surface area (Å²) in [4.78, 5) is 7.15. The van der Waals surface area contributed by atoms with Crippen LogP contribution in [-0.4, -0.2) is 27.8 Å². The highest BCUT2D eigenvalue weighted by molar-refractivity contribution is 6.01. The third kappa shape index (κ3) is 3.60. The van der Waals surface area contributed by atoms with E-state index in [1.54, 1.807) is 12.1 Å². The fourth-order valence-electron chi connectivity index (χ4n) is 2.40. The zero-order valence-electron chi connectivity index (χ0n) is 12.5. The van der Waals surface area contributed by atoms with Crippen molar-refractivity contribution < 1.29 is 31.9 Å². The summed E-state index contributed by atoms with van der Waals surface area (Å²) >= 11 is 0. The second kappa shape index (κ2) is 6.07. The molecule has 0 spiro atoms. The van der Waals surface area contributed by atoms with E-state index in [0.29, 0.717) is 16.7 Å². The van der Waals surface area contributed by atoms with Gasteiger partial charge in [0.25, 0.3) is 0 Å². The van der Waals surface area contributed by atoms with Gasteiger partial charge in [-0.1, -0.05) is 29.4 Å². The molecule has 132 valence electrons. The van der Waals surface area contributed by atoms with Gasteiger partial charge in [0, 0.05) is 0 Å². The molecule has 1 N–H and O–H groups in total. The van der Waals surface area contributed by atoms with E-state index >= 15 is 0 Å². The molecule has 0 fully saturated rings. The third-order valence-electron chi connectivity index (χ3n) is 3.67. The van der Waals surface area contributed by atoms with Crippen LogP contribution in [0.25, 0.3) is 0 Å². The number of aromatic nitrogens is 1. The summed E-state index contributed by atoms with van der Waals surface area (Å²) in [5.41, 5.74) is 1.34. The average molecular weight is 358 g/mol. The quantitative estimate of drug-likeness (QED) is 0.677. The fraction of sp³-hybridized carbons (Fsp3) is 0.250. The van der Waals surface area contributed by atoms with E-state index in [1.807, 2.05) is 0 Å². The van der Waals surface area contributed by atoms with Crippen molar-refractivity contribution in [1.29, 1.82) is 0 Å². The van der Waals surface area contributed by atoms with Crippen LogP contribution in [-0.2, 0) is 11.3 Å². The van der Waals surface area contributed by atoms with Crippen LogP contribution < -0.4 is 0 Å². The number of nitrogens with zero attached hydrogens (tertiary/aromatic N) is 2. The number of hydrogen-bond acceptors (Lipinski definition) is 4. The zero-order chi connectivity index (χ0) is 18.2. The van der Waals surface area contributed by atoms with E-state index in [1.165, 1.54) is 12.1 Å². The lowest BCUT2D eigenvalue weighted by molar-refractivity contribution is -0.355. The smallest absolute Gasteiger partial charge is 0.350 e. The third-order valence-corrected chi connectivity index (χ3v) is 3.67. The highest BCUT2D eigenvalue weighted by atomic mass is 19.4. The molecule has 2 heterocycles. The predicted octanol–water partition coefficient (Wildman–Crippen LogP) is 3.33. The van der Waals surface area contributed by atoms with Gasteiger partial charge < -0.3 is 9.94 Å². The zero-order valence-corrected chi connectivity index (χ0v) is 12.5. The van der Waals surface area contributed by atoms with Crippen molar-refractivity contribution in [1.82, 2.24) is 4.98 Å². The first kappa shape index (κ1) is 17.3. The van der Waals surface area contributed by atoms with Crippen LogP contribution in [0.5, 0.6) is 0 Å². The van der Waals surface area contributed by atoms with Crippen molar-refractivity contribution in [3.05, 3.63) is 65.0 Å². The first-order valence-electron chi connectivity index (χ1n) is 7.12. The molecule has 25 heavy (non-hydrogen) atoms. The molecular formula is C16H11F5N2O2. The Morgan fingerprint density at radius 1 is 1.04 bits per heavy atom. The van der Waals surface area contributed by atoms with E-state index in [9.17, 15) is 27.1 Å². The molecule has 1 aromatic heterocycles. The minimum Gasteiger partial charge on any atom is -0.350 e. The maximum atomic E-state index is 13.1. The van der Waals surface area contributed by atoms with E-state index in [4.69, 9.17) is 0 Å². The Hall–Kier alpha value is -2.55. The van der Waals surface area contributed by atoms with Gasteiger partial charge in [-0.15, -0.1) is 0 Å². The molecule has 1 atom stereocenters. The van der Waals surface area contributed by atoms with E-state index < -0.39 is 30.3 Å². The summed E-state index contributed by atoms with van der Waals surface area (Å²) in [6.07, 6.45) is -5.57. The van der Waals surface area contributed by atoms with Crippen molar-refractivity contribution in [3.63, 3.8) is 0 Å². The lowest BCUT2D eigenvalue weighted by atomic mass is 9.99. The summed E-state index contributed by atoms with van der Waals surface area (Å²) in [6.45, 7) is 0. The Morgan fingerprint density at radius 2 is 1.64 bits per heavy atom. The monoisotopic (exact) mass is 358 g/mol. The van der Waals surface area contributed by atoms with E-state index in [2.05, 4.69) is 15.0 Å². The molecule has 0 amide bonds. The topological polar surface area (TPSA) is 54.7 Å². The van der Waals surface area contributed by atoms with Crippen LogP contribution in [0.4, 0.5) is 22.0 Å². The van der Waals surface area contributed by atoms with Gasteiger partial charge in [-0.05, 0) is 35.2 Å². The second-order valence-corrected chi connectivity index (χ2v) is 5.58. The molecule has 0 radical (unpaired) electrons. The minimum atomic E-state index is -4.96. The van der Waals surface area contributed by atoms with Gasteiger partial charge >= 0.3 is 12.0 Å². The lowest BCUT2D eigenvalue weighted by Gasteiger charge is -2.22. The molecule has 0 saturated carbocycles. The SMILES string of the molecule is OC1(C(F)(F)F)CC(c2ccc(Cc3cc(F)nc(F)c3)cc2)=NO1. The molecule has 1 aliphatic rings. The highest BCUT2D eigenvalue weighted by Gasteiger charge is 2.60. The van der Waals surface area contributed by atoms with Crippen LogP contribution in [0.1, 0.15) is 23.1 Å². The van der Waals surface area contributed by atoms with Crippen LogP contribution in [0, 0.1) is 11.9 Å². The fourth-order valence-corrected chi connectivity index (χ4v) is 2.40. The average Bonchev–Trinajstić information content (AvgIpc) is 2.90. The van der Waals surface area contributed by atoms with Crippen molar-refractivity contribution in [2.45, 2.75) is 24.8 Å². The van der Waals surface area contributed by atoms with Crippen LogP contribution in [0.15, 0.2) is 41.6 Å². The number of benzene rings is 1. The van der Waals surface area contributed by atoms with E-state index in [-0.39, 0.29) is 12.1 Å². The number of aliphatic hydroxyl groups is 1. The van der Waals surface area contributed by atoms with Gasteiger partial charge in [-0.25, -0.2) is 0 Å². The number of pyridine rings is 1. The molecule has 4 nitrogen and oxygen atoms in total. The van der Waals surface area contributed by atoms with Gasteiger partial charge in [-0.3, -0.25) is 0 Å². The Labute approximate surface area is 138 Å². The molecule has 1 unspecified atom stereocenters. The molecule has 2 aromatic rings. The Kier molecular flexibility index (Phi) is 4.19. The number of rotatable bonds is 3. The lowest BCUT2D eigenvalue weighted by Crippen LogP contribution is -2.45. The predicted molar refractivity (Wildman–Crippen MR) is 76.6 cm³/mol. The standard InChI is InChI=1S/C16H11F5N2O2/c17-13-6-10(7-14(18)22-13)5-9-1-3-11(4-2-9)12-8-15(24,25-23-12)16(19,20)21/h1-4,6-7,24H,5,8H2. The molecule has 0 bridgehead atoms. The first-order valence-corrected chi connectivity index (χ1v) is 7.12. The van der Waals surface area contributed by atoms with Crippen LogP contribution in [0.2, 0.25) is 0 Å². The molecule has 1 aromatic carbocycles. The second-order valence-electron chi connectivity index (χ2n) is 5.58. The molecule has 9 heteroatoms.